The largest absolute Gasteiger partial charge is 0.421 e. The number of carbonyl (C=O) groups is 1. The van der Waals surface area contributed by atoms with Crippen LogP contribution in [-0.4, -0.2) is 76.6 Å². The number of hydrogen-bond donors (Lipinski definition) is 0. The number of ether oxygens (including phenoxy) is 1. The summed E-state index contributed by atoms with van der Waals surface area (Å²) in [5.74, 6) is -50.7. The van der Waals surface area contributed by atoms with Gasteiger partial charge < -0.3 is 4.74 Å². The van der Waals surface area contributed by atoms with Crippen LogP contribution in [0.2, 0.25) is 0 Å². The van der Waals surface area contributed by atoms with Crippen LogP contribution in [0.5, 0.6) is 0 Å². The first-order valence-corrected chi connectivity index (χ1v) is 12.6. The molecule has 0 aliphatic heterocycles. The lowest BCUT2D eigenvalue weighted by Gasteiger charge is -2.42. The van der Waals surface area contributed by atoms with E-state index in [2.05, 4.69) is 14.7 Å². The van der Waals surface area contributed by atoms with E-state index in [1.807, 2.05) is 6.92 Å². The Labute approximate surface area is 252 Å². The minimum Gasteiger partial charge on any atom is -0.421 e. The standard InChI is InChI=1S/C26H19F17N2O2/c1-2-3-13-10-44-19(45-11-13)14-7-4-12(5-8-14)6-9-15(46)47-20(31)22(34,35)24(38,39)26(42,43)25(40,41)23(36,37)21(32,33)17(28)16(27)18(29)30/h4-11,16-18,20H,2-3H2,1H3. The van der Waals surface area contributed by atoms with E-state index in [1.165, 1.54) is 36.7 Å². The van der Waals surface area contributed by atoms with E-state index in [4.69, 9.17) is 0 Å². The summed E-state index contributed by atoms with van der Waals surface area (Å²) in [6.45, 7) is 1.92. The molecule has 47 heavy (non-hydrogen) atoms. The maximum atomic E-state index is 14.0. The molecule has 4 nitrogen and oxygen atoms in total. The maximum absolute atomic E-state index is 14.0. The summed E-state index contributed by atoms with van der Waals surface area (Å²) in [6, 6.07) is 5.12. The van der Waals surface area contributed by atoms with E-state index in [0.29, 0.717) is 18.1 Å². The molecular weight excluding hydrogens is 695 g/mol. The molecule has 0 amide bonds. The van der Waals surface area contributed by atoms with Crippen LogP contribution in [0.25, 0.3) is 17.5 Å². The lowest BCUT2D eigenvalue weighted by Crippen LogP contribution is -2.73. The van der Waals surface area contributed by atoms with E-state index < -0.39 is 66.6 Å². The molecular formula is C26H19F17N2O2. The third-order valence-electron chi connectivity index (χ3n) is 6.22. The lowest BCUT2D eigenvalue weighted by atomic mass is 9.89. The third-order valence-corrected chi connectivity index (χ3v) is 6.22. The molecule has 2 aromatic rings. The van der Waals surface area contributed by atoms with Crippen LogP contribution in [0.4, 0.5) is 74.6 Å². The van der Waals surface area contributed by atoms with Crippen LogP contribution in [0.1, 0.15) is 24.5 Å². The van der Waals surface area contributed by atoms with Crippen molar-refractivity contribution in [2.75, 3.05) is 0 Å². The minimum absolute atomic E-state index is 0.0105. The van der Waals surface area contributed by atoms with E-state index in [9.17, 15) is 79.4 Å². The molecule has 1 heterocycles. The average Bonchev–Trinajstić information content (AvgIpc) is 2.99. The van der Waals surface area contributed by atoms with Crippen molar-refractivity contribution in [2.45, 2.75) is 80.4 Å². The second kappa shape index (κ2) is 13.8. The van der Waals surface area contributed by atoms with Gasteiger partial charge in [0.15, 0.2) is 12.0 Å². The fourth-order valence-corrected chi connectivity index (χ4v) is 3.50. The van der Waals surface area contributed by atoms with Crippen molar-refractivity contribution in [3.63, 3.8) is 0 Å². The topological polar surface area (TPSA) is 52.1 Å². The van der Waals surface area contributed by atoms with Crippen LogP contribution >= 0.6 is 0 Å². The summed E-state index contributed by atoms with van der Waals surface area (Å²) in [6.07, 6.45) is -15.9. The summed E-state index contributed by atoms with van der Waals surface area (Å²) in [4.78, 5) is 19.9. The Morgan fingerprint density at radius 1 is 0.745 bits per heavy atom. The molecule has 3 atom stereocenters. The normalized spacial score (nSPS) is 16.0. The molecule has 0 bridgehead atoms. The summed E-state index contributed by atoms with van der Waals surface area (Å²) in [7, 11) is 0. The second-order valence-corrected chi connectivity index (χ2v) is 9.60. The zero-order chi connectivity index (χ0) is 36.4. The van der Waals surface area contributed by atoms with Crippen molar-refractivity contribution in [1.29, 1.82) is 0 Å². The van der Waals surface area contributed by atoms with Gasteiger partial charge in [-0.15, -0.1) is 0 Å². The van der Waals surface area contributed by atoms with E-state index in [0.717, 1.165) is 12.0 Å². The number of rotatable bonds is 15. The van der Waals surface area contributed by atoms with Gasteiger partial charge in [-0.2, -0.15) is 57.1 Å². The Bertz CT molecular complexity index is 1380. The number of carbonyl (C=O) groups excluding carboxylic acids is 1. The van der Waals surface area contributed by atoms with Crippen LogP contribution in [0, 0.1) is 0 Å². The number of esters is 1. The molecule has 1 aromatic carbocycles. The fraction of sp³-hybridized carbons (Fsp3) is 0.500. The van der Waals surface area contributed by atoms with Gasteiger partial charge in [-0.25, -0.2) is 32.3 Å². The summed E-state index contributed by atoms with van der Waals surface area (Å²) in [5.41, 5.74) is 1.22. The second-order valence-electron chi connectivity index (χ2n) is 9.60. The first-order valence-electron chi connectivity index (χ1n) is 12.6. The minimum atomic E-state index is -8.53. The predicted molar refractivity (Wildman–Crippen MR) is 127 cm³/mol. The van der Waals surface area contributed by atoms with Gasteiger partial charge in [0.25, 0.3) is 6.43 Å². The summed E-state index contributed by atoms with van der Waals surface area (Å²) < 4.78 is 233. The monoisotopic (exact) mass is 714 g/mol. The van der Waals surface area contributed by atoms with Gasteiger partial charge in [0.05, 0.1) is 0 Å². The quantitative estimate of drug-likeness (QED) is 0.105. The van der Waals surface area contributed by atoms with Crippen LogP contribution < -0.4 is 0 Å². The van der Waals surface area contributed by atoms with Crippen molar-refractivity contribution in [1.82, 2.24) is 9.97 Å². The SMILES string of the molecule is CCCc1cnc(-c2ccc(C=CC(=O)OC(F)C(F)(F)C(F)(F)C(F)(F)C(F)(F)C(F)(F)C(F)(F)C(F)C(F)C(F)F)cc2)nc1. The number of benzene rings is 1. The van der Waals surface area contributed by atoms with E-state index in [1.54, 1.807) is 0 Å². The number of alkyl halides is 17. The van der Waals surface area contributed by atoms with Crippen molar-refractivity contribution in [2.24, 2.45) is 0 Å². The smallest absolute Gasteiger partial charge is 0.385 e. The molecule has 0 N–H and O–H groups in total. The summed E-state index contributed by atoms with van der Waals surface area (Å²) >= 11 is 0. The van der Waals surface area contributed by atoms with Gasteiger partial charge in [0, 0.05) is 24.0 Å². The van der Waals surface area contributed by atoms with Crippen molar-refractivity contribution in [3.05, 3.63) is 53.9 Å². The maximum Gasteiger partial charge on any atom is 0.385 e. The fourth-order valence-electron chi connectivity index (χ4n) is 3.50. The molecule has 0 radical (unpaired) electrons. The van der Waals surface area contributed by atoms with Crippen LogP contribution in [0.3, 0.4) is 0 Å². The summed E-state index contributed by atoms with van der Waals surface area (Å²) in [5, 5.41) is 0. The molecule has 1 aromatic heterocycles. The molecule has 0 aliphatic rings. The molecule has 0 aliphatic carbocycles. The van der Waals surface area contributed by atoms with E-state index in [-0.39, 0.29) is 17.5 Å². The first kappa shape index (κ1) is 39.5. The Morgan fingerprint density at radius 3 is 1.66 bits per heavy atom. The van der Waals surface area contributed by atoms with Gasteiger partial charge in [-0.3, -0.25) is 0 Å². The third kappa shape index (κ3) is 7.26. The predicted octanol–water partition coefficient (Wildman–Crippen LogP) is 8.70. The number of nitrogens with zero attached hydrogens (tertiary/aromatic N) is 2. The molecule has 3 unspecified atom stereocenters. The molecule has 0 fully saturated rings. The average molecular weight is 714 g/mol. The Hall–Kier alpha value is -3.68. The van der Waals surface area contributed by atoms with Gasteiger partial charge in [0.1, 0.15) is 0 Å². The lowest BCUT2D eigenvalue weighted by molar-refractivity contribution is -0.439. The number of hydrogen-bond acceptors (Lipinski definition) is 4. The number of aromatic nitrogens is 2. The highest BCUT2D eigenvalue weighted by atomic mass is 19.4. The van der Waals surface area contributed by atoms with Gasteiger partial charge >= 0.3 is 47.9 Å². The highest BCUT2D eigenvalue weighted by Crippen LogP contribution is 2.61. The Kier molecular flexibility index (Phi) is 11.6. The van der Waals surface area contributed by atoms with Gasteiger partial charge in [0.2, 0.25) is 6.17 Å². The molecule has 0 saturated heterocycles. The van der Waals surface area contributed by atoms with Crippen molar-refractivity contribution in [3.8, 4) is 11.4 Å². The van der Waals surface area contributed by atoms with E-state index >= 15 is 0 Å². The molecule has 2 rings (SSSR count). The number of aryl methyl sites for hydroxylation is 1. The molecule has 0 spiro atoms. The zero-order valence-electron chi connectivity index (χ0n) is 23.0. The Balaban J connectivity index is 2.24. The zero-order valence-corrected chi connectivity index (χ0v) is 23.0. The van der Waals surface area contributed by atoms with Crippen LogP contribution in [0.15, 0.2) is 42.7 Å². The molecule has 0 saturated carbocycles. The highest BCUT2D eigenvalue weighted by Gasteiger charge is 2.92. The van der Waals surface area contributed by atoms with Crippen molar-refractivity contribution < 1.29 is 84.2 Å². The molecule has 21 heteroatoms. The highest BCUT2D eigenvalue weighted by molar-refractivity contribution is 5.87. The van der Waals surface area contributed by atoms with Gasteiger partial charge in [-0.05, 0) is 23.6 Å². The van der Waals surface area contributed by atoms with Crippen LogP contribution in [-0.2, 0) is 16.0 Å². The van der Waals surface area contributed by atoms with Gasteiger partial charge in [-0.1, -0.05) is 37.6 Å². The Morgan fingerprint density at radius 2 is 1.21 bits per heavy atom. The molecule has 264 valence electrons. The first-order chi connectivity index (χ1) is 21.3. The van der Waals surface area contributed by atoms with Crippen molar-refractivity contribution >= 4 is 12.0 Å². The number of halogens is 17.